The number of aromatic nitrogens is 1. The molecule has 0 saturated carbocycles. The number of carbonyl (C=O) groups excluding carboxylic acids is 1. The average Bonchev–Trinajstić information content (AvgIpc) is 2.54. The largest absolute Gasteiger partial charge is 0.383 e. The lowest BCUT2D eigenvalue weighted by molar-refractivity contribution is 0.0932. The monoisotopic (exact) mass is 285 g/mol. The Bertz CT molecular complexity index is 573. The van der Waals surface area contributed by atoms with Gasteiger partial charge < -0.3 is 15.4 Å². The van der Waals surface area contributed by atoms with Gasteiger partial charge in [-0.3, -0.25) is 9.78 Å². The Labute approximate surface area is 124 Å². The third-order valence-electron chi connectivity index (χ3n) is 2.92. The molecule has 0 bridgehead atoms. The van der Waals surface area contributed by atoms with Gasteiger partial charge in [0.05, 0.1) is 6.61 Å². The lowest BCUT2D eigenvalue weighted by atomic mass is 10.2. The van der Waals surface area contributed by atoms with Crippen molar-refractivity contribution in [3.8, 4) is 0 Å². The highest BCUT2D eigenvalue weighted by molar-refractivity contribution is 5.93. The van der Waals surface area contributed by atoms with E-state index in [1.807, 2.05) is 36.4 Å². The van der Waals surface area contributed by atoms with Crippen LogP contribution >= 0.6 is 0 Å². The van der Waals surface area contributed by atoms with Crippen molar-refractivity contribution in [2.24, 2.45) is 0 Å². The molecule has 0 aliphatic carbocycles. The van der Waals surface area contributed by atoms with E-state index in [4.69, 9.17) is 4.74 Å². The maximum absolute atomic E-state index is 11.9. The molecule has 21 heavy (non-hydrogen) atoms. The molecular formula is C16H19N3O2. The zero-order valence-electron chi connectivity index (χ0n) is 12.0. The first kappa shape index (κ1) is 15.0. The Morgan fingerprint density at radius 1 is 1.24 bits per heavy atom. The number of carbonyl (C=O) groups is 1. The Balaban J connectivity index is 1.92. The quantitative estimate of drug-likeness (QED) is 0.764. The summed E-state index contributed by atoms with van der Waals surface area (Å²) in [6.07, 6.45) is 1.62. The zero-order valence-corrected chi connectivity index (χ0v) is 12.0. The van der Waals surface area contributed by atoms with Gasteiger partial charge in [-0.25, -0.2) is 0 Å². The van der Waals surface area contributed by atoms with Crippen molar-refractivity contribution in [2.75, 3.05) is 25.6 Å². The van der Waals surface area contributed by atoms with E-state index in [0.717, 1.165) is 5.69 Å². The molecule has 5 nitrogen and oxygen atoms in total. The van der Waals surface area contributed by atoms with E-state index in [0.29, 0.717) is 25.4 Å². The minimum Gasteiger partial charge on any atom is -0.383 e. The molecule has 1 heterocycles. The molecule has 5 heteroatoms. The predicted octanol–water partition coefficient (Wildman–Crippen LogP) is 2.07. The molecule has 0 aliphatic heterocycles. The van der Waals surface area contributed by atoms with Gasteiger partial charge in [-0.15, -0.1) is 0 Å². The van der Waals surface area contributed by atoms with Crippen LogP contribution in [0.3, 0.4) is 0 Å². The smallest absolute Gasteiger partial charge is 0.270 e. The molecule has 0 unspecified atom stereocenters. The minimum absolute atomic E-state index is 0.199. The molecule has 0 fully saturated rings. The molecule has 0 spiro atoms. The van der Waals surface area contributed by atoms with Crippen LogP contribution in [0, 0.1) is 0 Å². The number of methoxy groups -OCH3 is 1. The number of hydrogen-bond acceptors (Lipinski definition) is 4. The maximum Gasteiger partial charge on any atom is 0.270 e. The molecule has 1 aromatic carbocycles. The molecule has 0 aliphatic rings. The second-order valence-corrected chi connectivity index (χ2v) is 4.52. The van der Waals surface area contributed by atoms with Crippen LogP contribution in [0.1, 0.15) is 16.1 Å². The second-order valence-electron chi connectivity index (χ2n) is 4.52. The summed E-state index contributed by atoms with van der Waals surface area (Å²) in [5.74, 6) is -0.199. The van der Waals surface area contributed by atoms with Crippen LogP contribution in [0.15, 0.2) is 48.7 Å². The molecule has 0 radical (unpaired) electrons. The topological polar surface area (TPSA) is 63.2 Å². The second kappa shape index (κ2) is 8.01. The van der Waals surface area contributed by atoms with Crippen molar-refractivity contribution < 1.29 is 9.53 Å². The van der Waals surface area contributed by atoms with Crippen LogP contribution in [0.4, 0.5) is 5.69 Å². The number of benzene rings is 1. The van der Waals surface area contributed by atoms with E-state index in [2.05, 4.69) is 15.6 Å². The standard InChI is InChI=1S/C16H19N3O2/c1-21-10-9-18-16(20)15-11-14(7-8-17-15)19-12-13-5-3-2-4-6-13/h2-8,11H,9-10,12H2,1H3,(H,17,19)(H,18,20). The van der Waals surface area contributed by atoms with Gasteiger partial charge >= 0.3 is 0 Å². The Hall–Kier alpha value is -2.40. The van der Waals surface area contributed by atoms with Crippen molar-refractivity contribution in [1.82, 2.24) is 10.3 Å². The molecule has 2 N–H and O–H groups in total. The first-order valence-corrected chi connectivity index (χ1v) is 6.80. The van der Waals surface area contributed by atoms with Crippen LogP contribution in [-0.4, -0.2) is 31.2 Å². The Morgan fingerprint density at radius 3 is 2.81 bits per heavy atom. The van der Waals surface area contributed by atoms with Crippen molar-refractivity contribution >= 4 is 11.6 Å². The van der Waals surface area contributed by atoms with Crippen molar-refractivity contribution in [1.29, 1.82) is 0 Å². The Morgan fingerprint density at radius 2 is 2.05 bits per heavy atom. The van der Waals surface area contributed by atoms with Crippen LogP contribution in [0.2, 0.25) is 0 Å². The lowest BCUT2D eigenvalue weighted by Crippen LogP contribution is -2.27. The van der Waals surface area contributed by atoms with E-state index in [1.54, 1.807) is 19.4 Å². The van der Waals surface area contributed by atoms with Crippen molar-refractivity contribution in [2.45, 2.75) is 6.54 Å². The molecular weight excluding hydrogens is 266 g/mol. The summed E-state index contributed by atoms with van der Waals surface area (Å²) >= 11 is 0. The van der Waals surface area contributed by atoms with E-state index in [-0.39, 0.29) is 5.91 Å². The fourth-order valence-electron chi connectivity index (χ4n) is 1.82. The Kier molecular flexibility index (Phi) is 5.72. The number of rotatable bonds is 7. The van der Waals surface area contributed by atoms with Gasteiger partial charge in [-0.05, 0) is 17.7 Å². The van der Waals surface area contributed by atoms with Gasteiger partial charge in [0.2, 0.25) is 0 Å². The predicted molar refractivity (Wildman–Crippen MR) is 82.2 cm³/mol. The van der Waals surface area contributed by atoms with E-state index in [9.17, 15) is 4.79 Å². The summed E-state index contributed by atoms with van der Waals surface area (Å²) < 4.78 is 4.89. The van der Waals surface area contributed by atoms with Crippen molar-refractivity contribution in [3.63, 3.8) is 0 Å². The van der Waals surface area contributed by atoms with Gasteiger partial charge in [-0.2, -0.15) is 0 Å². The fraction of sp³-hybridized carbons (Fsp3) is 0.250. The summed E-state index contributed by atoms with van der Waals surface area (Å²) in [6.45, 7) is 1.66. The normalized spacial score (nSPS) is 10.1. The number of anilines is 1. The first-order valence-electron chi connectivity index (χ1n) is 6.80. The molecule has 1 amide bonds. The molecule has 0 saturated heterocycles. The highest BCUT2D eigenvalue weighted by atomic mass is 16.5. The molecule has 1 aromatic heterocycles. The van der Waals surface area contributed by atoms with Crippen LogP contribution in [0.25, 0.3) is 0 Å². The van der Waals surface area contributed by atoms with Gasteiger partial charge in [0, 0.05) is 32.1 Å². The SMILES string of the molecule is COCCNC(=O)c1cc(NCc2ccccc2)ccn1. The van der Waals surface area contributed by atoms with E-state index < -0.39 is 0 Å². The van der Waals surface area contributed by atoms with Crippen LogP contribution in [-0.2, 0) is 11.3 Å². The average molecular weight is 285 g/mol. The number of nitrogens with zero attached hydrogens (tertiary/aromatic N) is 1. The molecule has 2 rings (SSSR count). The zero-order chi connectivity index (χ0) is 14.9. The highest BCUT2D eigenvalue weighted by Crippen LogP contribution is 2.10. The van der Waals surface area contributed by atoms with Crippen LogP contribution in [0.5, 0.6) is 0 Å². The molecule has 0 atom stereocenters. The number of hydrogen-bond donors (Lipinski definition) is 2. The molecule has 2 aromatic rings. The summed E-state index contributed by atoms with van der Waals surface area (Å²) in [7, 11) is 1.60. The van der Waals surface area contributed by atoms with E-state index in [1.165, 1.54) is 5.56 Å². The summed E-state index contributed by atoms with van der Waals surface area (Å²) in [6, 6.07) is 13.7. The number of pyridine rings is 1. The maximum atomic E-state index is 11.9. The van der Waals surface area contributed by atoms with Gasteiger partial charge in [0.1, 0.15) is 5.69 Å². The third-order valence-corrected chi connectivity index (χ3v) is 2.92. The van der Waals surface area contributed by atoms with Gasteiger partial charge in [0.15, 0.2) is 0 Å². The summed E-state index contributed by atoms with van der Waals surface area (Å²) in [5, 5.41) is 6.03. The fourth-order valence-corrected chi connectivity index (χ4v) is 1.82. The first-order chi connectivity index (χ1) is 10.3. The van der Waals surface area contributed by atoms with Crippen LogP contribution < -0.4 is 10.6 Å². The summed E-state index contributed by atoms with van der Waals surface area (Å²) in [4.78, 5) is 16.0. The molecule has 110 valence electrons. The number of nitrogens with one attached hydrogen (secondary N) is 2. The van der Waals surface area contributed by atoms with Gasteiger partial charge in [-0.1, -0.05) is 30.3 Å². The van der Waals surface area contributed by atoms with Crippen molar-refractivity contribution in [3.05, 3.63) is 59.9 Å². The van der Waals surface area contributed by atoms with Gasteiger partial charge in [0.25, 0.3) is 5.91 Å². The minimum atomic E-state index is -0.199. The van der Waals surface area contributed by atoms with E-state index >= 15 is 0 Å². The summed E-state index contributed by atoms with van der Waals surface area (Å²) in [5.41, 5.74) is 2.44. The number of amides is 1. The third kappa shape index (κ3) is 4.89. The highest BCUT2D eigenvalue weighted by Gasteiger charge is 2.07. The lowest BCUT2D eigenvalue weighted by Gasteiger charge is -2.08. The number of ether oxygens (including phenoxy) is 1.